The summed E-state index contributed by atoms with van der Waals surface area (Å²) in [5.41, 5.74) is 1.33. The van der Waals surface area contributed by atoms with Crippen molar-refractivity contribution in [3.63, 3.8) is 0 Å². The van der Waals surface area contributed by atoms with Crippen LogP contribution in [0.15, 0.2) is 59.6 Å². The van der Waals surface area contributed by atoms with Gasteiger partial charge in [-0.1, -0.05) is 41.0 Å². The van der Waals surface area contributed by atoms with Gasteiger partial charge in [0.05, 0.1) is 16.5 Å². The predicted octanol–water partition coefficient (Wildman–Crippen LogP) is 7.04. The maximum Gasteiger partial charge on any atom is 0.236 e. The zero-order valence-corrected chi connectivity index (χ0v) is 22.4. The standard InChI is InChI=1S/C24H19Cl2F2N5O2S2/c1-3-8-33-22(13(2)35-20-7-5-15(27)10-18(20)28)31-32-24(33)37-12-21(34)30-23-29-19(11-36-23)16-6-4-14(25)9-17(16)26/h3-7,9-11,13H,1,8,12H2,2H3,(H,29,30,34). The predicted molar refractivity (Wildman–Crippen MR) is 143 cm³/mol. The van der Waals surface area contributed by atoms with E-state index < -0.39 is 17.7 Å². The molecule has 192 valence electrons. The Bertz CT molecular complexity index is 1450. The third kappa shape index (κ3) is 6.67. The highest BCUT2D eigenvalue weighted by Crippen LogP contribution is 2.32. The van der Waals surface area contributed by atoms with Crippen molar-refractivity contribution in [2.24, 2.45) is 0 Å². The lowest BCUT2D eigenvalue weighted by Crippen LogP contribution is -2.15. The molecule has 37 heavy (non-hydrogen) atoms. The van der Waals surface area contributed by atoms with Gasteiger partial charge in [-0.15, -0.1) is 28.1 Å². The molecule has 0 saturated carbocycles. The molecule has 0 aliphatic rings. The van der Waals surface area contributed by atoms with Gasteiger partial charge in [0.2, 0.25) is 5.91 Å². The van der Waals surface area contributed by atoms with Crippen LogP contribution in [0.5, 0.6) is 5.75 Å². The molecule has 0 bridgehead atoms. The van der Waals surface area contributed by atoms with Crippen LogP contribution in [0.25, 0.3) is 11.3 Å². The molecule has 2 heterocycles. The minimum atomic E-state index is -0.823. The van der Waals surface area contributed by atoms with Gasteiger partial charge in [0.15, 0.2) is 33.8 Å². The number of ether oxygens (including phenoxy) is 1. The second kappa shape index (κ2) is 12.0. The normalized spacial score (nSPS) is 11.8. The number of anilines is 1. The van der Waals surface area contributed by atoms with Crippen molar-refractivity contribution >= 4 is 57.3 Å². The molecule has 1 N–H and O–H groups in total. The van der Waals surface area contributed by atoms with E-state index >= 15 is 0 Å². The number of hydrogen-bond acceptors (Lipinski definition) is 7. The van der Waals surface area contributed by atoms with Gasteiger partial charge < -0.3 is 10.1 Å². The van der Waals surface area contributed by atoms with E-state index in [4.69, 9.17) is 27.9 Å². The Morgan fingerprint density at radius 1 is 1.27 bits per heavy atom. The first-order valence-corrected chi connectivity index (χ1v) is 13.4. The van der Waals surface area contributed by atoms with Crippen molar-refractivity contribution in [2.75, 3.05) is 11.1 Å². The third-order valence-electron chi connectivity index (χ3n) is 4.91. The van der Waals surface area contributed by atoms with Crippen LogP contribution in [-0.2, 0) is 11.3 Å². The molecule has 4 rings (SSSR count). The topological polar surface area (TPSA) is 81.9 Å². The number of nitrogens with zero attached hydrogens (tertiary/aromatic N) is 4. The molecular formula is C24H19Cl2F2N5O2S2. The number of halogens is 4. The van der Waals surface area contributed by atoms with E-state index in [-0.39, 0.29) is 17.4 Å². The fourth-order valence-corrected chi connectivity index (χ4v) is 5.25. The maximum atomic E-state index is 14.0. The second-order valence-electron chi connectivity index (χ2n) is 7.57. The summed E-state index contributed by atoms with van der Waals surface area (Å²) in [5.74, 6) is -1.49. The molecule has 1 amide bonds. The highest BCUT2D eigenvalue weighted by Gasteiger charge is 2.21. The number of benzene rings is 2. The van der Waals surface area contributed by atoms with Gasteiger partial charge in [-0.05, 0) is 37.3 Å². The Balaban J connectivity index is 1.40. The molecule has 0 aliphatic carbocycles. The first kappa shape index (κ1) is 27.1. The van der Waals surface area contributed by atoms with Crippen molar-refractivity contribution < 1.29 is 18.3 Å². The van der Waals surface area contributed by atoms with Crippen LogP contribution in [0.2, 0.25) is 10.0 Å². The molecule has 0 saturated heterocycles. The van der Waals surface area contributed by atoms with Gasteiger partial charge in [-0.3, -0.25) is 9.36 Å². The summed E-state index contributed by atoms with van der Waals surface area (Å²) in [7, 11) is 0. The molecule has 2 aromatic heterocycles. The maximum absolute atomic E-state index is 14.0. The van der Waals surface area contributed by atoms with E-state index in [0.717, 1.165) is 23.9 Å². The molecule has 4 aromatic rings. The minimum absolute atomic E-state index is 0.0354. The molecule has 0 fully saturated rings. The van der Waals surface area contributed by atoms with E-state index in [1.807, 2.05) is 0 Å². The summed E-state index contributed by atoms with van der Waals surface area (Å²) in [6, 6.07) is 8.16. The monoisotopic (exact) mass is 581 g/mol. The smallest absolute Gasteiger partial charge is 0.236 e. The summed E-state index contributed by atoms with van der Waals surface area (Å²) in [5, 5.41) is 14.7. The van der Waals surface area contributed by atoms with E-state index in [9.17, 15) is 13.6 Å². The highest BCUT2D eigenvalue weighted by atomic mass is 35.5. The number of thioether (sulfide) groups is 1. The number of allylic oxidation sites excluding steroid dienone is 1. The average Bonchev–Trinajstić information content (AvgIpc) is 3.47. The Labute approximate surface area is 229 Å². The van der Waals surface area contributed by atoms with Crippen LogP contribution in [0, 0.1) is 11.6 Å². The minimum Gasteiger partial charge on any atom is -0.480 e. The summed E-state index contributed by atoms with van der Waals surface area (Å²) >= 11 is 14.6. The van der Waals surface area contributed by atoms with E-state index in [2.05, 4.69) is 27.1 Å². The number of carbonyl (C=O) groups excluding carboxylic acids is 1. The molecule has 1 unspecified atom stereocenters. The van der Waals surface area contributed by atoms with Crippen molar-refractivity contribution in [3.05, 3.63) is 81.9 Å². The van der Waals surface area contributed by atoms with Gasteiger partial charge >= 0.3 is 0 Å². The molecule has 0 radical (unpaired) electrons. The van der Waals surface area contributed by atoms with Crippen LogP contribution < -0.4 is 10.1 Å². The summed E-state index contributed by atoms with van der Waals surface area (Å²) in [6.45, 7) is 5.75. The Morgan fingerprint density at radius 3 is 2.81 bits per heavy atom. The number of hydrogen-bond donors (Lipinski definition) is 1. The molecule has 0 spiro atoms. The molecular weight excluding hydrogens is 563 g/mol. The van der Waals surface area contributed by atoms with Crippen molar-refractivity contribution in [1.82, 2.24) is 19.7 Å². The van der Waals surface area contributed by atoms with Gasteiger partial charge in [-0.2, -0.15) is 0 Å². The van der Waals surface area contributed by atoms with Crippen LogP contribution >= 0.6 is 46.3 Å². The van der Waals surface area contributed by atoms with Crippen LogP contribution in [-0.4, -0.2) is 31.4 Å². The lowest BCUT2D eigenvalue weighted by molar-refractivity contribution is -0.113. The van der Waals surface area contributed by atoms with Gasteiger partial charge in [-0.25, -0.2) is 13.8 Å². The van der Waals surface area contributed by atoms with Crippen LogP contribution in [0.1, 0.15) is 18.9 Å². The Morgan fingerprint density at radius 2 is 2.08 bits per heavy atom. The Kier molecular flexibility index (Phi) is 8.80. The number of carbonyl (C=O) groups is 1. The number of amides is 1. The summed E-state index contributed by atoms with van der Waals surface area (Å²) in [6.07, 6.45) is 0.935. The van der Waals surface area contributed by atoms with Gasteiger partial charge in [0.25, 0.3) is 0 Å². The Hall–Kier alpha value is -2.99. The van der Waals surface area contributed by atoms with E-state index in [0.29, 0.717) is 44.0 Å². The summed E-state index contributed by atoms with van der Waals surface area (Å²) in [4.78, 5) is 17.0. The van der Waals surface area contributed by atoms with Gasteiger partial charge in [0.1, 0.15) is 5.82 Å². The van der Waals surface area contributed by atoms with Crippen molar-refractivity contribution in [1.29, 1.82) is 0 Å². The fourth-order valence-electron chi connectivity index (χ4n) is 3.26. The number of nitrogens with one attached hydrogen (secondary N) is 1. The molecule has 2 aromatic carbocycles. The number of aromatic nitrogens is 4. The lowest BCUT2D eigenvalue weighted by Gasteiger charge is -2.16. The first-order valence-electron chi connectivity index (χ1n) is 10.7. The molecule has 0 aliphatic heterocycles. The fraction of sp³-hybridized carbons (Fsp3) is 0.167. The lowest BCUT2D eigenvalue weighted by atomic mass is 10.2. The van der Waals surface area contributed by atoms with Crippen molar-refractivity contribution in [3.8, 4) is 17.0 Å². The van der Waals surface area contributed by atoms with E-state index in [1.54, 1.807) is 41.1 Å². The average molecular weight is 582 g/mol. The number of rotatable bonds is 10. The molecule has 13 heteroatoms. The van der Waals surface area contributed by atoms with Gasteiger partial charge in [0, 0.05) is 28.6 Å². The highest BCUT2D eigenvalue weighted by molar-refractivity contribution is 7.99. The molecule has 1 atom stereocenters. The third-order valence-corrected chi connectivity index (χ3v) is 7.18. The zero-order valence-electron chi connectivity index (χ0n) is 19.3. The van der Waals surface area contributed by atoms with Crippen molar-refractivity contribution in [2.45, 2.75) is 24.7 Å². The second-order valence-corrected chi connectivity index (χ2v) is 10.2. The molecule has 7 nitrogen and oxygen atoms in total. The number of thiazole rings is 1. The van der Waals surface area contributed by atoms with Crippen LogP contribution in [0.3, 0.4) is 0 Å². The quantitative estimate of drug-likeness (QED) is 0.160. The summed E-state index contributed by atoms with van der Waals surface area (Å²) < 4.78 is 34.5. The SMILES string of the molecule is C=CCn1c(SCC(=O)Nc2nc(-c3ccc(Cl)cc3Cl)cs2)nnc1C(C)Oc1ccc(F)cc1F. The largest absolute Gasteiger partial charge is 0.480 e. The van der Waals surface area contributed by atoms with E-state index in [1.165, 1.54) is 17.4 Å². The zero-order chi connectivity index (χ0) is 26.5. The van der Waals surface area contributed by atoms with Crippen LogP contribution in [0.4, 0.5) is 13.9 Å². The first-order chi connectivity index (χ1) is 17.7.